The van der Waals surface area contributed by atoms with Gasteiger partial charge in [0.25, 0.3) is 0 Å². The highest BCUT2D eigenvalue weighted by molar-refractivity contribution is 5.01. The second kappa shape index (κ2) is 2.12. The third-order valence-corrected chi connectivity index (χ3v) is 1.01. The van der Waals surface area contributed by atoms with Crippen molar-refractivity contribution in [3.63, 3.8) is 0 Å². The minimum atomic E-state index is 0.0370. The molecule has 0 aromatic heterocycles. The normalized spacial score (nSPS) is 34.0. The molecule has 2 atom stereocenters. The van der Waals surface area contributed by atoms with Gasteiger partial charge in [-0.3, -0.25) is 4.84 Å². The van der Waals surface area contributed by atoms with Gasteiger partial charge in [0.05, 0.1) is 19.2 Å². The van der Waals surface area contributed by atoms with Crippen LogP contribution in [0.15, 0.2) is 0 Å². The molecule has 44 valence electrons. The van der Waals surface area contributed by atoms with E-state index in [2.05, 4.69) is 6.07 Å². The Kier molecular flexibility index (Phi) is 1.47. The van der Waals surface area contributed by atoms with Crippen LogP contribution in [-0.2, 0) is 4.84 Å². The van der Waals surface area contributed by atoms with E-state index in [1.54, 1.807) is 5.06 Å². The summed E-state index contributed by atoms with van der Waals surface area (Å²) in [4.78, 5) is 4.97. The second-order valence-corrected chi connectivity index (χ2v) is 1.66. The Balaban J connectivity index is 2.10. The maximum atomic E-state index is 8.23. The summed E-state index contributed by atoms with van der Waals surface area (Å²) in [6.45, 7) is 3.36. The molecule has 0 aliphatic carbocycles. The number of hydrogen-bond donors (Lipinski definition) is 0. The number of hydrogen-bond acceptors (Lipinski definition) is 3. The molecular formula is C5H8N2O. The van der Waals surface area contributed by atoms with Crippen molar-refractivity contribution in [3.05, 3.63) is 0 Å². The Morgan fingerprint density at radius 3 is 3.12 bits per heavy atom. The van der Waals surface area contributed by atoms with Crippen LogP contribution in [0, 0.1) is 11.3 Å². The second-order valence-electron chi connectivity index (χ2n) is 1.66. The van der Waals surface area contributed by atoms with Gasteiger partial charge in [-0.15, -0.1) is 0 Å². The minimum absolute atomic E-state index is 0.0370. The Morgan fingerprint density at radius 1 is 2.00 bits per heavy atom. The Bertz CT molecular complexity index is 118. The molecule has 0 bridgehead atoms. The lowest BCUT2D eigenvalue weighted by Gasteiger charge is -1.94. The molecule has 0 amide bonds. The lowest BCUT2D eigenvalue weighted by atomic mass is 10.6. The number of nitrogens with zero attached hydrogens (tertiary/aromatic N) is 2. The number of nitriles is 1. The molecule has 1 saturated heterocycles. The van der Waals surface area contributed by atoms with E-state index in [4.69, 9.17) is 10.1 Å². The van der Waals surface area contributed by atoms with E-state index in [9.17, 15) is 0 Å². The van der Waals surface area contributed by atoms with Gasteiger partial charge in [-0.25, -0.2) is 0 Å². The largest absolute Gasteiger partial charge is 0.298 e. The molecule has 3 heteroatoms. The van der Waals surface area contributed by atoms with Crippen LogP contribution in [0.25, 0.3) is 0 Å². The fraction of sp³-hybridized carbons (Fsp3) is 0.800. The maximum Gasteiger partial charge on any atom is 0.137 e. The van der Waals surface area contributed by atoms with Gasteiger partial charge in [0, 0.05) is 0 Å². The van der Waals surface area contributed by atoms with E-state index >= 15 is 0 Å². The third-order valence-electron chi connectivity index (χ3n) is 1.01. The number of rotatable bonds is 2. The SMILES string of the molecule is CCON1CC1C#N. The van der Waals surface area contributed by atoms with E-state index < -0.39 is 0 Å². The van der Waals surface area contributed by atoms with Crippen molar-refractivity contribution in [1.29, 1.82) is 5.26 Å². The Labute approximate surface area is 48.4 Å². The molecule has 1 fully saturated rings. The fourth-order valence-electron chi connectivity index (χ4n) is 0.537. The van der Waals surface area contributed by atoms with E-state index in [0.29, 0.717) is 6.61 Å². The molecule has 1 aliphatic rings. The summed E-state index contributed by atoms with van der Waals surface area (Å²) in [5.74, 6) is 0. The van der Waals surface area contributed by atoms with Gasteiger partial charge in [0.2, 0.25) is 0 Å². The summed E-state index contributed by atoms with van der Waals surface area (Å²) in [6, 6.07) is 2.11. The zero-order valence-electron chi connectivity index (χ0n) is 4.79. The van der Waals surface area contributed by atoms with E-state index in [0.717, 1.165) is 6.54 Å². The Morgan fingerprint density at radius 2 is 2.75 bits per heavy atom. The summed E-state index contributed by atoms with van der Waals surface area (Å²) in [7, 11) is 0. The smallest absolute Gasteiger partial charge is 0.137 e. The molecule has 1 aliphatic heterocycles. The van der Waals surface area contributed by atoms with Crippen LogP contribution in [0.4, 0.5) is 0 Å². The summed E-state index contributed by atoms with van der Waals surface area (Å²) in [5, 5.41) is 9.90. The van der Waals surface area contributed by atoms with Crippen LogP contribution in [0.3, 0.4) is 0 Å². The van der Waals surface area contributed by atoms with Crippen LogP contribution < -0.4 is 0 Å². The van der Waals surface area contributed by atoms with Crippen molar-refractivity contribution in [2.45, 2.75) is 13.0 Å². The molecule has 3 nitrogen and oxygen atoms in total. The predicted molar refractivity (Wildman–Crippen MR) is 27.7 cm³/mol. The standard InChI is InChI=1S/C5H8N2O/c1-2-8-7-4-5(7)3-6/h5H,2,4H2,1H3. The van der Waals surface area contributed by atoms with Crippen LogP contribution in [0.2, 0.25) is 0 Å². The van der Waals surface area contributed by atoms with E-state index in [1.165, 1.54) is 0 Å². The first-order valence-electron chi connectivity index (χ1n) is 2.67. The molecule has 1 heterocycles. The van der Waals surface area contributed by atoms with Crippen molar-refractivity contribution in [1.82, 2.24) is 5.06 Å². The zero-order valence-corrected chi connectivity index (χ0v) is 4.79. The average molecular weight is 112 g/mol. The van der Waals surface area contributed by atoms with Crippen LogP contribution in [0.1, 0.15) is 6.92 Å². The van der Waals surface area contributed by atoms with E-state index in [1.807, 2.05) is 6.92 Å². The lowest BCUT2D eigenvalue weighted by Crippen LogP contribution is -2.00. The van der Waals surface area contributed by atoms with Crippen molar-refractivity contribution in [3.8, 4) is 6.07 Å². The zero-order chi connectivity index (χ0) is 5.98. The lowest BCUT2D eigenvalue weighted by molar-refractivity contribution is -0.0633. The quantitative estimate of drug-likeness (QED) is 0.477. The first kappa shape index (κ1) is 5.54. The average Bonchev–Trinajstić information content (AvgIpc) is 2.48. The first-order chi connectivity index (χ1) is 3.88. The molecule has 0 spiro atoms. The van der Waals surface area contributed by atoms with Gasteiger partial charge >= 0.3 is 0 Å². The summed E-state index contributed by atoms with van der Waals surface area (Å²) in [6.07, 6.45) is 0. The van der Waals surface area contributed by atoms with Gasteiger partial charge in [-0.05, 0) is 6.92 Å². The molecule has 0 radical (unpaired) electrons. The molecular weight excluding hydrogens is 104 g/mol. The highest BCUT2D eigenvalue weighted by Gasteiger charge is 2.34. The highest BCUT2D eigenvalue weighted by Crippen LogP contribution is 2.14. The molecule has 0 aromatic rings. The molecule has 8 heavy (non-hydrogen) atoms. The predicted octanol–water partition coefficient (Wildman–Crippen LogP) is 0.146. The van der Waals surface area contributed by atoms with Crippen LogP contribution in [0.5, 0.6) is 0 Å². The van der Waals surface area contributed by atoms with Crippen molar-refractivity contribution >= 4 is 0 Å². The molecule has 0 saturated carbocycles. The van der Waals surface area contributed by atoms with Crippen LogP contribution in [-0.4, -0.2) is 24.3 Å². The topological polar surface area (TPSA) is 36.0 Å². The van der Waals surface area contributed by atoms with Crippen molar-refractivity contribution in [2.75, 3.05) is 13.2 Å². The van der Waals surface area contributed by atoms with E-state index in [-0.39, 0.29) is 6.04 Å². The van der Waals surface area contributed by atoms with Gasteiger partial charge in [0.1, 0.15) is 6.04 Å². The molecule has 0 N–H and O–H groups in total. The van der Waals surface area contributed by atoms with Crippen molar-refractivity contribution in [2.24, 2.45) is 0 Å². The number of hydroxylamine groups is 2. The van der Waals surface area contributed by atoms with Gasteiger partial charge in [-0.2, -0.15) is 10.3 Å². The third kappa shape index (κ3) is 0.971. The fourth-order valence-corrected chi connectivity index (χ4v) is 0.537. The summed E-state index contributed by atoms with van der Waals surface area (Å²) in [5.41, 5.74) is 0. The van der Waals surface area contributed by atoms with Crippen molar-refractivity contribution < 1.29 is 4.84 Å². The summed E-state index contributed by atoms with van der Waals surface area (Å²) < 4.78 is 0. The van der Waals surface area contributed by atoms with Gasteiger partial charge in [-0.1, -0.05) is 0 Å². The van der Waals surface area contributed by atoms with Crippen LogP contribution >= 0.6 is 0 Å². The molecule has 1 rings (SSSR count). The first-order valence-corrected chi connectivity index (χ1v) is 2.67. The molecule has 0 aromatic carbocycles. The monoisotopic (exact) mass is 112 g/mol. The highest BCUT2D eigenvalue weighted by atomic mass is 16.7. The molecule has 2 unspecified atom stereocenters. The summed E-state index contributed by atoms with van der Waals surface area (Å²) >= 11 is 0. The maximum absolute atomic E-state index is 8.23. The minimum Gasteiger partial charge on any atom is -0.298 e. The van der Waals surface area contributed by atoms with Gasteiger partial charge < -0.3 is 0 Å². The Hall–Kier alpha value is -0.590. The van der Waals surface area contributed by atoms with Gasteiger partial charge in [0.15, 0.2) is 0 Å².